The van der Waals surface area contributed by atoms with E-state index in [0.717, 1.165) is 26.5 Å². The third kappa shape index (κ3) is 3.19. The molecule has 2 nitrogen and oxygen atoms in total. The SMILES string of the molecule is CCc1nc(C(NC)c2ccc(Br)c(Cl)c2)sc1C. The Kier molecular flexibility index (Phi) is 5.01. The van der Waals surface area contributed by atoms with Gasteiger partial charge in [0.1, 0.15) is 5.01 Å². The fourth-order valence-corrected chi connectivity index (χ4v) is 3.61. The monoisotopic (exact) mass is 358 g/mol. The van der Waals surface area contributed by atoms with E-state index in [1.54, 1.807) is 11.3 Å². The van der Waals surface area contributed by atoms with Crippen LogP contribution in [0.3, 0.4) is 0 Å². The van der Waals surface area contributed by atoms with Crippen LogP contribution in [0.4, 0.5) is 0 Å². The molecule has 0 saturated carbocycles. The fraction of sp³-hybridized carbons (Fsp3) is 0.357. The minimum atomic E-state index is 0.0922. The molecule has 0 aliphatic rings. The smallest absolute Gasteiger partial charge is 0.115 e. The lowest BCUT2D eigenvalue weighted by Gasteiger charge is -2.14. The summed E-state index contributed by atoms with van der Waals surface area (Å²) in [6.45, 7) is 4.26. The summed E-state index contributed by atoms with van der Waals surface area (Å²) < 4.78 is 0.914. The van der Waals surface area contributed by atoms with Crippen LogP contribution in [0.5, 0.6) is 0 Å². The number of benzene rings is 1. The van der Waals surface area contributed by atoms with Crippen LogP contribution in [0.2, 0.25) is 5.02 Å². The number of halogens is 2. The molecular formula is C14H16BrClN2S. The predicted octanol–water partition coefficient (Wildman–Crippen LogP) is 4.74. The first-order chi connectivity index (χ1) is 9.06. The van der Waals surface area contributed by atoms with Crippen LogP contribution < -0.4 is 5.32 Å². The highest BCUT2D eigenvalue weighted by molar-refractivity contribution is 9.10. The predicted molar refractivity (Wildman–Crippen MR) is 86.3 cm³/mol. The van der Waals surface area contributed by atoms with Crippen molar-refractivity contribution < 1.29 is 0 Å². The zero-order valence-electron chi connectivity index (χ0n) is 11.1. The molecule has 0 fully saturated rings. The van der Waals surface area contributed by atoms with E-state index in [9.17, 15) is 0 Å². The van der Waals surface area contributed by atoms with E-state index in [4.69, 9.17) is 16.6 Å². The first kappa shape index (κ1) is 15.0. The first-order valence-corrected chi connectivity index (χ1v) is 8.14. The molecule has 0 aliphatic heterocycles. The second-order valence-corrected chi connectivity index (χ2v) is 6.80. The first-order valence-electron chi connectivity index (χ1n) is 6.15. The van der Waals surface area contributed by atoms with Crippen LogP contribution >= 0.6 is 38.9 Å². The van der Waals surface area contributed by atoms with Gasteiger partial charge in [-0.3, -0.25) is 0 Å². The Hall–Kier alpha value is -0.420. The van der Waals surface area contributed by atoms with Gasteiger partial charge >= 0.3 is 0 Å². The van der Waals surface area contributed by atoms with Crippen LogP contribution in [0.1, 0.15) is 34.1 Å². The van der Waals surface area contributed by atoms with Crippen LogP contribution in [0.15, 0.2) is 22.7 Å². The van der Waals surface area contributed by atoms with Gasteiger partial charge in [0.15, 0.2) is 0 Å². The van der Waals surface area contributed by atoms with Crippen LogP contribution in [-0.4, -0.2) is 12.0 Å². The summed E-state index contributed by atoms with van der Waals surface area (Å²) in [5.74, 6) is 0. The molecule has 0 amide bonds. The highest BCUT2D eigenvalue weighted by Crippen LogP contribution is 2.31. The van der Waals surface area contributed by atoms with Gasteiger partial charge in [-0.15, -0.1) is 11.3 Å². The van der Waals surface area contributed by atoms with Gasteiger partial charge in [0.2, 0.25) is 0 Å². The van der Waals surface area contributed by atoms with E-state index in [-0.39, 0.29) is 6.04 Å². The van der Waals surface area contributed by atoms with Crippen molar-refractivity contribution in [1.29, 1.82) is 0 Å². The third-order valence-corrected chi connectivity index (χ3v) is 5.37. The van der Waals surface area contributed by atoms with E-state index >= 15 is 0 Å². The second kappa shape index (κ2) is 6.35. The molecule has 0 spiro atoms. The highest BCUT2D eigenvalue weighted by atomic mass is 79.9. The molecule has 1 atom stereocenters. The van der Waals surface area contributed by atoms with Crippen molar-refractivity contribution in [3.05, 3.63) is 48.8 Å². The van der Waals surface area contributed by atoms with E-state index < -0.39 is 0 Å². The van der Waals surface area contributed by atoms with E-state index in [1.165, 1.54) is 10.6 Å². The molecule has 1 N–H and O–H groups in total. The summed E-state index contributed by atoms with van der Waals surface area (Å²) >= 11 is 11.3. The quantitative estimate of drug-likeness (QED) is 0.853. The van der Waals surface area contributed by atoms with Crippen molar-refractivity contribution in [2.45, 2.75) is 26.3 Å². The molecule has 0 bridgehead atoms. The molecule has 1 aromatic heterocycles. The normalized spacial score (nSPS) is 12.7. The molecule has 19 heavy (non-hydrogen) atoms. The summed E-state index contributed by atoms with van der Waals surface area (Å²) in [5.41, 5.74) is 2.32. The Labute approximate surface area is 131 Å². The maximum Gasteiger partial charge on any atom is 0.115 e. The number of rotatable bonds is 4. The van der Waals surface area contributed by atoms with Crippen molar-refractivity contribution >= 4 is 38.9 Å². The molecule has 1 aromatic carbocycles. The molecule has 102 valence electrons. The minimum Gasteiger partial charge on any atom is -0.307 e. The molecule has 0 radical (unpaired) electrons. The number of nitrogens with zero attached hydrogens (tertiary/aromatic N) is 1. The van der Waals surface area contributed by atoms with Crippen molar-refractivity contribution in [3.8, 4) is 0 Å². The minimum absolute atomic E-state index is 0.0922. The molecule has 5 heteroatoms. The van der Waals surface area contributed by atoms with Crippen molar-refractivity contribution in [2.75, 3.05) is 7.05 Å². The number of aryl methyl sites for hydroxylation is 2. The van der Waals surface area contributed by atoms with Gasteiger partial charge in [-0.05, 0) is 54.0 Å². The molecule has 1 unspecified atom stereocenters. The number of hydrogen-bond acceptors (Lipinski definition) is 3. The topological polar surface area (TPSA) is 24.9 Å². The van der Waals surface area contributed by atoms with Gasteiger partial charge in [-0.2, -0.15) is 0 Å². The number of thiazole rings is 1. The fourth-order valence-electron chi connectivity index (χ4n) is 2.03. The summed E-state index contributed by atoms with van der Waals surface area (Å²) in [4.78, 5) is 6.02. The summed E-state index contributed by atoms with van der Waals surface area (Å²) in [6.07, 6.45) is 0.972. The van der Waals surface area contributed by atoms with Crippen LogP contribution in [-0.2, 0) is 6.42 Å². The van der Waals surface area contributed by atoms with Gasteiger partial charge in [-0.1, -0.05) is 24.6 Å². The summed E-state index contributed by atoms with van der Waals surface area (Å²) in [6, 6.07) is 6.12. The molecule has 0 saturated heterocycles. The van der Waals surface area contributed by atoms with Crippen molar-refractivity contribution in [3.63, 3.8) is 0 Å². The largest absolute Gasteiger partial charge is 0.307 e. The lowest BCUT2D eigenvalue weighted by atomic mass is 10.1. The maximum atomic E-state index is 6.17. The standard InChI is InChI=1S/C14H16BrClN2S/c1-4-12-8(2)19-14(18-12)13(17-3)9-5-6-10(15)11(16)7-9/h5-7,13,17H,4H2,1-3H3. The zero-order valence-corrected chi connectivity index (χ0v) is 14.3. The maximum absolute atomic E-state index is 6.17. The number of nitrogens with one attached hydrogen (secondary N) is 1. The average Bonchev–Trinajstić information content (AvgIpc) is 2.75. The Balaban J connectivity index is 2.40. The Bertz CT molecular complexity index is 583. The van der Waals surface area contributed by atoms with Gasteiger partial charge in [-0.25, -0.2) is 4.98 Å². The van der Waals surface area contributed by atoms with Crippen molar-refractivity contribution in [2.24, 2.45) is 0 Å². The summed E-state index contributed by atoms with van der Waals surface area (Å²) in [7, 11) is 1.95. The Morgan fingerprint density at radius 3 is 2.74 bits per heavy atom. The number of hydrogen-bond donors (Lipinski definition) is 1. The molecular weight excluding hydrogens is 344 g/mol. The molecule has 2 rings (SSSR count). The van der Waals surface area contributed by atoms with Crippen LogP contribution in [0.25, 0.3) is 0 Å². The highest BCUT2D eigenvalue weighted by Gasteiger charge is 2.18. The lowest BCUT2D eigenvalue weighted by molar-refractivity contribution is 0.683. The van der Waals surface area contributed by atoms with Gasteiger partial charge in [0.05, 0.1) is 16.8 Å². The van der Waals surface area contributed by atoms with Crippen LogP contribution in [0, 0.1) is 6.92 Å². The second-order valence-electron chi connectivity index (χ2n) is 4.30. The van der Waals surface area contributed by atoms with E-state index in [2.05, 4.69) is 41.2 Å². The summed E-state index contributed by atoms with van der Waals surface area (Å²) in [5, 5.41) is 5.14. The zero-order chi connectivity index (χ0) is 14.0. The van der Waals surface area contributed by atoms with E-state index in [0.29, 0.717) is 0 Å². The van der Waals surface area contributed by atoms with Gasteiger partial charge in [0, 0.05) is 9.35 Å². The van der Waals surface area contributed by atoms with Gasteiger partial charge < -0.3 is 5.32 Å². The number of aromatic nitrogens is 1. The lowest BCUT2D eigenvalue weighted by Crippen LogP contribution is -2.17. The van der Waals surface area contributed by atoms with Gasteiger partial charge in [0.25, 0.3) is 0 Å². The Morgan fingerprint density at radius 2 is 2.21 bits per heavy atom. The molecule has 2 aromatic rings. The van der Waals surface area contributed by atoms with Crippen molar-refractivity contribution in [1.82, 2.24) is 10.3 Å². The third-order valence-electron chi connectivity index (χ3n) is 3.06. The van der Waals surface area contributed by atoms with E-state index in [1.807, 2.05) is 19.2 Å². The Morgan fingerprint density at radius 1 is 1.47 bits per heavy atom. The molecule has 1 heterocycles. The molecule has 0 aliphatic carbocycles. The average molecular weight is 360 g/mol.